The van der Waals surface area contributed by atoms with Gasteiger partial charge in [-0.15, -0.1) is 0 Å². The summed E-state index contributed by atoms with van der Waals surface area (Å²) in [5.41, 5.74) is 0.105. The highest BCUT2D eigenvalue weighted by Gasteiger charge is 2.20. The van der Waals surface area contributed by atoms with Crippen LogP contribution in [0.1, 0.15) is 23.2 Å². The van der Waals surface area contributed by atoms with E-state index in [2.05, 4.69) is 10.0 Å². The zero-order chi connectivity index (χ0) is 20.7. The Bertz CT molecular complexity index is 931. The number of nitrogens with one attached hydrogen (secondary N) is 2. The van der Waals surface area contributed by atoms with Gasteiger partial charge in [-0.05, 0) is 43.2 Å². The van der Waals surface area contributed by atoms with Crippen molar-refractivity contribution in [2.75, 3.05) is 26.3 Å². The van der Waals surface area contributed by atoms with Crippen LogP contribution in [0.5, 0.6) is 5.75 Å². The van der Waals surface area contributed by atoms with Crippen LogP contribution in [0, 0.1) is 0 Å². The van der Waals surface area contributed by atoms with Gasteiger partial charge in [-0.2, -0.15) is 0 Å². The third-order valence-corrected chi connectivity index (χ3v) is 6.20. The number of carbonyl (C=O) groups is 1. The molecule has 1 unspecified atom stereocenters. The summed E-state index contributed by atoms with van der Waals surface area (Å²) < 4.78 is 38.5. The average Bonchev–Trinajstić information content (AvgIpc) is 3.24. The van der Waals surface area contributed by atoms with Gasteiger partial charge < -0.3 is 14.8 Å². The second-order valence-electron chi connectivity index (χ2n) is 6.55. The van der Waals surface area contributed by atoms with E-state index in [-0.39, 0.29) is 34.7 Å². The molecule has 0 radical (unpaired) electrons. The number of amides is 1. The molecule has 3 rings (SSSR count). The van der Waals surface area contributed by atoms with E-state index in [1.54, 1.807) is 12.1 Å². The zero-order valence-corrected chi connectivity index (χ0v) is 17.3. The lowest BCUT2D eigenvalue weighted by molar-refractivity contribution is 0.0857. The molecule has 1 heterocycles. The fraction of sp³-hybridized carbons (Fsp3) is 0.350. The normalized spacial score (nSPS) is 16.5. The summed E-state index contributed by atoms with van der Waals surface area (Å²) in [6, 6.07) is 13.1. The number of para-hydroxylation sites is 1. The lowest BCUT2D eigenvalue weighted by Gasteiger charge is -2.13. The van der Waals surface area contributed by atoms with Crippen LogP contribution in [-0.4, -0.2) is 46.7 Å². The van der Waals surface area contributed by atoms with E-state index < -0.39 is 15.9 Å². The Morgan fingerprint density at radius 2 is 2.00 bits per heavy atom. The van der Waals surface area contributed by atoms with Gasteiger partial charge in [-0.25, -0.2) is 13.1 Å². The number of hydrogen-bond acceptors (Lipinski definition) is 5. The molecule has 2 N–H and O–H groups in total. The molecular formula is C20H23ClN2O5S. The molecule has 0 aromatic heterocycles. The Kier molecular flexibility index (Phi) is 7.49. The van der Waals surface area contributed by atoms with Crippen LogP contribution < -0.4 is 14.8 Å². The zero-order valence-electron chi connectivity index (χ0n) is 15.8. The molecule has 0 aliphatic carbocycles. The van der Waals surface area contributed by atoms with Crippen molar-refractivity contribution >= 4 is 27.5 Å². The Balaban J connectivity index is 1.58. The molecule has 0 saturated carbocycles. The number of rotatable bonds is 9. The Morgan fingerprint density at radius 1 is 1.21 bits per heavy atom. The summed E-state index contributed by atoms with van der Waals surface area (Å²) in [7, 11) is -3.81. The molecular weight excluding hydrogens is 416 g/mol. The summed E-state index contributed by atoms with van der Waals surface area (Å²) in [5.74, 6) is 0.221. The lowest BCUT2D eigenvalue weighted by atomic mass is 10.2. The molecule has 1 aliphatic heterocycles. The second kappa shape index (κ2) is 10.1. The maximum atomic E-state index is 12.5. The van der Waals surface area contributed by atoms with Gasteiger partial charge >= 0.3 is 0 Å². The molecule has 1 atom stereocenters. The molecule has 1 fully saturated rings. The van der Waals surface area contributed by atoms with Crippen LogP contribution in [0.3, 0.4) is 0 Å². The summed E-state index contributed by atoms with van der Waals surface area (Å²) in [5, 5.41) is 2.93. The number of carbonyl (C=O) groups excluding carboxylic acids is 1. The predicted molar refractivity (Wildman–Crippen MR) is 110 cm³/mol. The van der Waals surface area contributed by atoms with E-state index in [0.29, 0.717) is 18.9 Å². The minimum absolute atomic E-state index is 0.0177. The van der Waals surface area contributed by atoms with Crippen molar-refractivity contribution in [2.24, 2.45) is 0 Å². The third kappa shape index (κ3) is 6.17. The van der Waals surface area contributed by atoms with Crippen LogP contribution in [0.25, 0.3) is 0 Å². The van der Waals surface area contributed by atoms with E-state index in [0.717, 1.165) is 12.8 Å². The van der Waals surface area contributed by atoms with Crippen LogP contribution in [0.4, 0.5) is 0 Å². The largest absolute Gasteiger partial charge is 0.492 e. The topological polar surface area (TPSA) is 93.7 Å². The first-order chi connectivity index (χ1) is 14.0. The molecule has 156 valence electrons. The molecule has 7 nitrogen and oxygen atoms in total. The number of ether oxygens (including phenoxy) is 2. The van der Waals surface area contributed by atoms with Gasteiger partial charge in [0, 0.05) is 19.7 Å². The van der Waals surface area contributed by atoms with Crippen molar-refractivity contribution in [2.45, 2.75) is 23.8 Å². The molecule has 1 aliphatic rings. The van der Waals surface area contributed by atoms with Crippen LogP contribution >= 0.6 is 11.6 Å². The van der Waals surface area contributed by atoms with Gasteiger partial charge in [0.2, 0.25) is 10.0 Å². The van der Waals surface area contributed by atoms with Gasteiger partial charge in [0.1, 0.15) is 12.4 Å². The Morgan fingerprint density at radius 3 is 2.72 bits per heavy atom. The fourth-order valence-electron chi connectivity index (χ4n) is 2.90. The highest BCUT2D eigenvalue weighted by molar-refractivity contribution is 7.89. The minimum Gasteiger partial charge on any atom is -0.492 e. The molecule has 9 heteroatoms. The SMILES string of the molecule is O=C(NCC1CCCO1)c1cc(S(=O)(=O)NCCOc2ccccc2)ccc1Cl. The van der Waals surface area contributed by atoms with Gasteiger partial charge in [-0.1, -0.05) is 29.8 Å². The van der Waals surface area contributed by atoms with Crippen molar-refractivity contribution in [3.05, 3.63) is 59.1 Å². The second-order valence-corrected chi connectivity index (χ2v) is 8.72. The Labute approximate surface area is 175 Å². The van der Waals surface area contributed by atoms with Gasteiger partial charge in [0.05, 0.1) is 21.6 Å². The molecule has 29 heavy (non-hydrogen) atoms. The van der Waals surface area contributed by atoms with Crippen molar-refractivity contribution in [3.8, 4) is 5.75 Å². The van der Waals surface area contributed by atoms with Crippen LogP contribution in [-0.2, 0) is 14.8 Å². The first-order valence-corrected chi connectivity index (χ1v) is 11.2. The summed E-state index contributed by atoms with van der Waals surface area (Å²) >= 11 is 6.10. The first kappa shape index (κ1) is 21.6. The maximum absolute atomic E-state index is 12.5. The van der Waals surface area contributed by atoms with Crippen molar-refractivity contribution in [3.63, 3.8) is 0 Å². The molecule has 2 aromatic rings. The maximum Gasteiger partial charge on any atom is 0.252 e. The molecule has 2 aromatic carbocycles. The van der Waals surface area contributed by atoms with Crippen molar-refractivity contribution in [1.82, 2.24) is 10.0 Å². The van der Waals surface area contributed by atoms with Gasteiger partial charge in [0.25, 0.3) is 5.91 Å². The fourth-order valence-corrected chi connectivity index (χ4v) is 4.14. The molecule has 1 saturated heterocycles. The van der Waals surface area contributed by atoms with Crippen molar-refractivity contribution in [1.29, 1.82) is 0 Å². The predicted octanol–water partition coefficient (Wildman–Crippen LogP) is 2.61. The minimum atomic E-state index is -3.81. The number of benzene rings is 2. The van der Waals surface area contributed by atoms with E-state index in [1.807, 2.05) is 18.2 Å². The highest BCUT2D eigenvalue weighted by atomic mass is 35.5. The van der Waals surface area contributed by atoms with E-state index in [4.69, 9.17) is 21.1 Å². The smallest absolute Gasteiger partial charge is 0.252 e. The van der Waals surface area contributed by atoms with Gasteiger partial charge in [0.15, 0.2) is 0 Å². The highest BCUT2D eigenvalue weighted by Crippen LogP contribution is 2.21. The first-order valence-electron chi connectivity index (χ1n) is 9.32. The quantitative estimate of drug-likeness (QED) is 0.587. The number of sulfonamides is 1. The summed E-state index contributed by atoms with van der Waals surface area (Å²) in [4.78, 5) is 12.4. The number of halogens is 1. The summed E-state index contributed by atoms with van der Waals surface area (Å²) in [6.45, 7) is 1.31. The van der Waals surface area contributed by atoms with Crippen molar-refractivity contribution < 1.29 is 22.7 Å². The molecule has 0 spiro atoms. The lowest BCUT2D eigenvalue weighted by Crippen LogP contribution is -2.32. The number of hydrogen-bond donors (Lipinski definition) is 2. The third-order valence-electron chi connectivity index (χ3n) is 4.41. The van der Waals surface area contributed by atoms with E-state index in [9.17, 15) is 13.2 Å². The monoisotopic (exact) mass is 438 g/mol. The van der Waals surface area contributed by atoms with Crippen LogP contribution in [0.2, 0.25) is 5.02 Å². The Hall–Kier alpha value is -2.13. The standard InChI is InChI=1S/C20H23ClN2O5S/c21-19-9-8-17(13-18(19)20(24)22-14-16-7-4-11-27-16)29(25,26)23-10-12-28-15-5-2-1-3-6-15/h1-3,5-6,8-9,13,16,23H,4,7,10-12,14H2,(H,22,24). The average molecular weight is 439 g/mol. The van der Waals surface area contributed by atoms with E-state index >= 15 is 0 Å². The molecule has 1 amide bonds. The van der Waals surface area contributed by atoms with Gasteiger partial charge in [-0.3, -0.25) is 4.79 Å². The van der Waals surface area contributed by atoms with Crippen LogP contribution in [0.15, 0.2) is 53.4 Å². The van der Waals surface area contributed by atoms with E-state index in [1.165, 1.54) is 18.2 Å². The summed E-state index contributed by atoms with van der Waals surface area (Å²) in [6.07, 6.45) is 1.84. The molecule has 0 bridgehead atoms.